The number of fused-ring (bicyclic) bond motifs is 1. The Bertz CT molecular complexity index is 460. The fourth-order valence-corrected chi connectivity index (χ4v) is 3.09. The van der Waals surface area contributed by atoms with Gasteiger partial charge in [0.15, 0.2) is 5.11 Å². The summed E-state index contributed by atoms with van der Waals surface area (Å²) in [6, 6.07) is 9.88. The van der Waals surface area contributed by atoms with Crippen LogP contribution in [-0.2, 0) is 4.79 Å². The van der Waals surface area contributed by atoms with E-state index in [2.05, 4.69) is 5.32 Å². The lowest BCUT2D eigenvalue weighted by atomic mass is 9.99. The van der Waals surface area contributed by atoms with E-state index in [0.29, 0.717) is 5.11 Å². The topological polar surface area (TPSA) is 32.3 Å². The molecule has 3 nitrogen and oxygen atoms in total. The standard InChI is InChI=1S/C13H14N2OS/c16-12-10-7-4-8-11(10)14-13(17)15(12)9-5-2-1-3-6-9/h1-3,5-6,10-11H,4,7-8H2,(H,14,17)/t10-,11+/m1/s1. The molecule has 88 valence electrons. The fraction of sp³-hybridized carbons (Fsp3) is 0.385. The third kappa shape index (κ3) is 1.72. The Balaban J connectivity index is 1.94. The Morgan fingerprint density at radius 1 is 1.24 bits per heavy atom. The van der Waals surface area contributed by atoms with Crippen LogP contribution in [-0.4, -0.2) is 17.1 Å². The van der Waals surface area contributed by atoms with Crippen LogP contribution in [0.3, 0.4) is 0 Å². The van der Waals surface area contributed by atoms with Crippen LogP contribution < -0.4 is 10.2 Å². The van der Waals surface area contributed by atoms with E-state index in [-0.39, 0.29) is 17.9 Å². The summed E-state index contributed by atoms with van der Waals surface area (Å²) in [7, 11) is 0. The summed E-state index contributed by atoms with van der Waals surface area (Å²) in [5.74, 6) is 0.254. The summed E-state index contributed by atoms with van der Waals surface area (Å²) in [4.78, 5) is 14.1. The van der Waals surface area contributed by atoms with E-state index in [0.717, 1.165) is 24.9 Å². The molecular formula is C13H14N2OS. The van der Waals surface area contributed by atoms with Gasteiger partial charge in [-0.05, 0) is 37.2 Å². The number of rotatable bonds is 1. The number of para-hydroxylation sites is 1. The molecule has 1 heterocycles. The Kier molecular flexibility index (Phi) is 2.59. The van der Waals surface area contributed by atoms with Gasteiger partial charge in [0.1, 0.15) is 0 Å². The van der Waals surface area contributed by atoms with Crippen LogP contribution in [0.25, 0.3) is 0 Å². The lowest BCUT2D eigenvalue weighted by molar-refractivity contribution is -0.122. The average Bonchev–Trinajstić information content (AvgIpc) is 2.78. The molecule has 1 aromatic carbocycles. The third-order valence-electron chi connectivity index (χ3n) is 3.58. The Labute approximate surface area is 106 Å². The zero-order chi connectivity index (χ0) is 11.8. The van der Waals surface area contributed by atoms with Crippen LogP contribution in [0.15, 0.2) is 30.3 Å². The molecule has 1 N–H and O–H groups in total. The predicted molar refractivity (Wildman–Crippen MR) is 70.8 cm³/mol. The van der Waals surface area contributed by atoms with Gasteiger partial charge in [-0.3, -0.25) is 9.69 Å². The maximum atomic E-state index is 12.4. The van der Waals surface area contributed by atoms with E-state index in [4.69, 9.17) is 12.2 Å². The number of nitrogens with one attached hydrogen (secondary N) is 1. The minimum Gasteiger partial charge on any atom is -0.358 e. The molecule has 17 heavy (non-hydrogen) atoms. The van der Waals surface area contributed by atoms with Crippen molar-refractivity contribution in [3.63, 3.8) is 0 Å². The first-order valence-corrected chi connectivity index (χ1v) is 6.38. The van der Waals surface area contributed by atoms with Crippen molar-refractivity contribution in [3.05, 3.63) is 30.3 Å². The van der Waals surface area contributed by atoms with E-state index in [1.54, 1.807) is 4.90 Å². The first-order valence-electron chi connectivity index (χ1n) is 5.97. The molecule has 0 unspecified atom stereocenters. The molecule has 3 rings (SSSR count). The number of anilines is 1. The second-order valence-corrected chi connectivity index (χ2v) is 4.99. The summed E-state index contributed by atoms with van der Waals surface area (Å²) < 4.78 is 0. The molecule has 1 aliphatic carbocycles. The summed E-state index contributed by atoms with van der Waals surface area (Å²) in [5, 5.41) is 3.84. The highest BCUT2D eigenvalue weighted by Crippen LogP contribution is 2.32. The molecular weight excluding hydrogens is 232 g/mol. The number of hydrogen-bond acceptors (Lipinski definition) is 2. The number of carbonyl (C=O) groups is 1. The molecule has 1 aromatic rings. The number of amides is 1. The van der Waals surface area contributed by atoms with Crippen molar-refractivity contribution in [2.24, 2.45) is 5.92 Å². The third-order valence-corrected chi connectivity index (χ3v) is 3.88. The van der Waals surface area contributed by atoms with Crippen LogP contribution in [0, 0.1) is 5.92 Å². The molecule has 4 heteroatoms. The minimum atomic E-state index is 0.0990. The van der Waals surface area contributed by atoms with Gasteiger partial charge in [0, 0.05) is 6.04 Å². The van der Waals surface area contributed by atoms with Crippen LogP contribution in [0.4, 0.5) is 5.69 Å². The molecule has 1 amide bonds. The monoisotopic (exact) mass is 246 g/mol. The lowest BCUT2D eigenvalue weighted by Gasteiger charge is -2.36. The first kappa shape index (κ1) is 10.7. The van der Waals surface area contributed by atoms with Gasteiger partial charge >= 0.3 is 0 Å². The SMILES string of the molecule is O=C1[C@@H]2CCC[C@@H]2NC(=S)N1c1ccccc1. The van der Waals surface area contributed by atoms with Gasteiger partial charge in [-0.25, -0.2) is 0 Å². The van der Waals surface area contributed by atoms with Crippen molar-refractivity contribution < 1.29 is 4.79 Å². The number of thiocarbonyl (C=S) groups is 1. The van der Waals surface area contributed by atoms with Gasteiger partial charge in [0.25, 0.3) is 0 Å². The van der Waals surface area contributed by atoms with Gasteiger partial charge in [0.2, 0.25) is 5.91 Å². The summed E-state index contributed by atoms with van der Waals surface area (Å²) >= 11 is 5.30. The molecule has 0 radical (unpaired) electrons. The maximum absolute atomic E-state index is 12.4. The molecule has 0 aromatic heterocycles. The van der Waals surface area contributed by atoms with E-state index < -0.39 is 0 Å². The normalized spacial score (nSPS) is 27.9. The smallest absolute Gasteiger partial charge is 0.238 e. The van der Waals surface area contributed by atoms with Crippen molar-refractivity contribution in [1.82, 2.24) is 5.32 Å². The summed E-state index contributed by atoms with van der Waals surface area (Å²) in [6.45, 7) is 0. The molecule has 0 spiro atoms. The zero-order valence-corrected chi connectivity index (χ0v) is 10.2. The molecule has 1 saturated carbocycles. The quantitative estimate of drug-likeness (QED) is 0.770. The Morgan fingerprint density at radius 2 is 2.00 bits per heavy atom. The van der Waals surface area contributed by atoms with Crippen LogP contribution >= 0.6 is 12.2 Å². The van der Waals surface area contributed by atoms with Gasteiger partial charge in [-0.2, -0.15) is 0 Å². The second-order valence-electron chi connectivity index (χ2n) is 4.60. The van der Waals surface area contributed by atoms with Gasteiger partial charge in [-0.1, -0.05) is 24.6 Å². The van der Waals surface area contributed by atoms with Crippen molar-refractivity contribution in [3.8, 4) is 0 Å². The van der Waals surface area contributed by atoms with Gasteiger partial charge < -0.3 is 5.32 Å². The highest BCUT2D eigenvalue weighted by atomic mass is 32.1. The van der Waals surface area contributed by atoms with E-state index >= 15 is 0 Å². The molecule has 2 aliphatic rings. The number of benzene rings is 1. The van der Waals surface area contributed by atoms with Crippen molar-refractivity contribution in [1.29, 1.82) is 0 Å². The molecule has 2 fully saturated rings. The number of hydrogen-bond donors (Lipinski definition) is 1. The highest BCUT2D eigenvalue weighted by Gasteiger charge is 2.42. The van der Waals surface area contributed by atoms with Gasteiger partial charge in [0.05, 0.1) is 11.6 Å². The predicted octanol–water partition coefficient (Wildman–Crippen LogP) is 2.08. The van der Waals surface area contributed by atoms with Crippen molar-refractivity contribution >= 4 is 28.9 Å². The Morgan fingerprint density at radius 3 is 2.76 bits per heavy atom. The Hall–Kier alpha value is -1.42. The first-order chi connectivity index (χ1) is 8.27. The summed E-state index contributed by atoms with van der Waals surface area (Å²) in [6.07, 6.45) is 3.14. The van der Waals surface area contributed by atoms with E-state index in [1.165, 1.54) is 0 Å². The largest absolute Gasteiger partial charge is 0.358 e. The lowest BCUT2D eigenvalue weighted by Crippen LogP contribution is -2.58. The van der Waals surface area contributed by atoms with Crippen molar-refractivity contribution in [2.45, 2.75) is 25.3 Å². The van der Waals surface area contributed by atoms with E-state index in [9.17, 15) is 4.79 Å². The molecule has 1 saturated heterocycles. The molecule has 0 bridgehead atoms. The van der Waals surface area contributed by atoms with Gasteiger partial charge in [-0.15, -0.1) is 0 Å². The second kappa shape index (κ2) is 4.11. The fourth-order valence-electron chi connectivity index (χ4n) is 2.74. The van der Waals surface area contributed by atoms with Crippen molar-refractivity contribution in [2.75, 3.05) is 4.90 Å². The van der Waals surface area contributed by atoms with Crippen LogP contribution in [0.5, 0.6) is 0 Å². The molecule has 1 aliphatic heterocycles. The average molecular weight is 246 g/mol. The zero-order valence-electron chi connectivity index (χ0n) is 9.43. The highest BCUT2D eigenvalue weighted by molar-refractivity contribution is 7.80. The molecule has 2 atom stereocenters. The van der Waals surface area contributed by atoms with Crippen LogP contribution in [0.2, 0.25) is 0 Å². The number of nitrogens with zero attached hydrogens (tertiary/aromatic N) is 1. The maximum Gasteiger partial charge on any atom is 0.238 e. The number of carbonyl (C=O) groups excluding carboxylic acids is 1. The van der Waals surface area contributed by atoms with Crippen LogP contribution in [0.1, 0.15) is 19.3 Å². The van der Waals surface area contributed by atoms with E-state index in [1.807, 2.05) is 30.3 Å². The minimum absolute atomic E-state index is 0.0990. The summed E-state index contributed by atoms with van der Waals surface area (Å²) in [5.41, 5.74) is 0.861.